The van der Waals surface area contributed by atoms with Crippen molar-refractivity contribution in [2.45, 2.75) is 31.8 Å². The summed E-state index contributed by atoms with van der Waals surface area (Å²) in [7, 11) is 0. The van der Waals surface area contributed by atoms with Crippen LogP contribution >= 0.6 is 0 Å². The van der Waals surface area contributed by atoms with E-state index in [1.807, 2.05) is 18.2 Å². The minimum atomic E-state index is -0.559. The lowest BCUT2D eigenvalue weighted by Gasteiger charge is -2.29. The van der Waals surface area contributed by atoms with Gasteiger partial charge in [-0.05, 0) is 36.6 Å². The lowest BCUT2D eigenvalue weighted by molar-refractivity contribution is -0.136. The summed E-state index contributed by atoms with van der Waals surface area (Å²) < 4.78 is 0. The van der Waals surface area contributed by atoms with Crippen molar-refractivity contribution in [1.29, 1.82) is 0 Å². The van der Waals surface area contributed by atoms with Crippen molar-refractivity contribution in [3.05, 3.63) is 40.5 Å². The van der Waals surface area contributed by atoms with Crippen LogP contribution in [-0.2, 0) is 16.1 Å². The Labute approximate surface area is 139 Å². The summed E-state index contributed by atoms with van der Waals surface area (Å²) in [5.74, 6) is -0.754. The van der Waals surface area contributed by atoms with Crippen molar-refractivity contribution in [3.63, 3.8) is 0 Å². The van der Waals surface area contributed by atoms with Gasteiger partial charge in [-0.2, -0.15) is 0 Å². The number of carbonyl (C=O) groups is 3. The number of amides is 3. The predicted octanol–water partition coefficient (Wildman–Crippen LogP) is 0.824. The molecule has 4 rings (SSSR count). The molecule has 3 aliphatic rings. The summed E-state index contributed by atoms with van der Waals surface area (Å²) in [6.07, 6.45) is 3.85. The number of carbonyl (C=O) groups excluding carboxylic acids is 3. The Balaban J connectivity index is 1.63. The first kappa shape index (κ1) is 15.1. The number of benzene rings is 1. The van der Waals surface area contributed by atoms with Crippen molar-refractivity contribution in [3.8, 4) is 0 Å². The third-order valence-electron chi connectivity index (χ3n) is 4.95. The lowest BCUT2D eigenvalue weighted by Crippen LogP contribution is -2.52. The highest BCUT2D eigenvalue weighted by Gasteiger charge is 2.39. The minimum Gasteiger partial charge on any atom is -0.322 e. The second-order valence-electron chi connectivity index (χ2n) is 6.50. The third kappa shape index (κ3) is 2.53. The first-order valence-electron chi connectivity index (χ1n) is 8.30. The van der Waals surface area contributed by atoms with Crippen LogP contribution in [-0.4, -0.2) is 41.8 Å². The van der Waals surface area contributed by atoms with Gasteiger partial charge in [-0.15, -0.1) is 0 Å². The number of nitrogens with zero attached hydrogens (tertiary/aromatic N) is 1. The molecule has 3 aliphatic heterocycles. The van der Waals surface area contributed by atoms with Crippen molar-refractivity contribution in [1.82, 2.24) is 15.5 Å². The maximum absolute atomic E-state index is 12.7. The number of hydrogen-bond acceptors (Lipinski definition) is 4. The van der Waals surface area contributed by atoms with Gasteiger partial charge in [-0.3, -0.25) is 19.7 Å². The molecule has 0 aromatic heterocycles. The molecule has 124 valence electrons. The monoisotopic (exact) mass is 325 g/mol. The third-order valence-corrected chi connectivity index (χ3v) is 4.95. The van der Waals surface area contributed by atoms with Gasteiger partial charge in [0.15, 0.2) is 0 Å². The molecule has 0 radical (unpaired) electrons. The van der Waals surface area contributed by atoms with Crippen LogP contribution in [0.1, 0.15) is 40.7 Å². The Morgan fingerprint density at radius 2 is 2.04 bits per heavy atom. The fraction of sp³-hybridized carbons (Fsp3) is 0.389. The van der Waals surface area contributed by atoms with E-state index in [1.165, 1.54) is 5.57 Å². The van der Waals surface area contributed by atoms with Crippen LogP contribution in [0, 0.1) is 0 Å². The van der Waals surface area contributed by atoms with Gasteiger partial charge < -0.3 is 10.2 Å². The van der Waals surface area contributed by atoms with Crippen LogP contribution in [0.2, 0.25) is 0 Å². The average Bonchev–Trinajstić information content (AvgIpc) is 3.17. The fourth-order valence-electron chi connectivity index (χ4n) is 3.67. The maximum atomic E-state index is 12.7. The van der Waals surface area contributed by atoms with Gasteiger partial charge in [0.2, 0.25) is 11.8 Å². The van der Waals surface area contributed by atoms with Crippen LogP contribution in [0.3, 0.4) is 0 Å². The van der Waals surface area contributed by atoms with Gasteiger partial charge in [-0.1, -0.05) is 23.8 Å². The summed E-state index contributed by atoms with van der Waals surface area (Å²) in [5, 5.41) is 5.64. The Bertz CT molecular complexity index is 761. The van der Waals surface area contributed by atoms with Crippen molar-refractivity contribution in [2.24, 2.45) is 0 Å². The summed E-state index contributed by atoms with van der Waals surface area (Å²) in [5.41, 5.74) is 4.02. The molecule has 1 atom stereocenters. The van der Waals surface area contributed by atoms with E-state index in [1.54, 1.807) is 4.90 Å². The van der Waals surface area contributed by atoms with Crippen LogP contribution in [0.25, 0.3) is 6.08 Å². The Morgan fingerprint density at radius 3 is 2.79 bits per heavy atom. The number of hydrogen-bond donors (Lipinski definition) is 2. The topological polar surface area (TPSA) is 78.5 Å². The molecule has 24 heavy (non-hydrogen) atoms. The Hall–Kier alpha value is -2.47. The quantitative estimate of drug-likeness (QED) is 0.789. The largest absolute Gasteiger partial charge is 0.322 e. The molecule has 1 unspecified atom stereocenters. The number of imide groups is 1. The summed E-state index contributed by atoms with van der Waals surface area (Å²) in [4.78, 5) is 37.8. The normalized spacial score (nSPS) is 25.3. The highest BCUT2D eigenvalue weighted by molar-refractivity contribution is 6.05. The second-order valence-corrected chi connectivity index (χ2v) is 6.50. The zero-order chi connectivity index (χ0) is 16.7. The molecule has 0 saturated carbocycles. The number of nitrogens with one attached hydrogen (secondary N) is 2. The van der Waals surface area contributed by atoms with Gasteiger partial charge in [0.05, 0.1) is 0 Å². The van der Waals surface area contributed by atoms with Crippen molar-refractivity contribution in [2.75, 3.05) is 13.1 Å². The standard InChI is InChI=1S/C18H19N3O3/c22-16-5-4-15(17(23)20-16)21-10-14-12(8-11-6-7-19-9-11)2-1-3-13(14)18(21)24/h1-3,8,15,19H,4-7,9-10H2,(H,20,22,23). The lowest BCUT2D eigenvalue weighted by atomic mass is 10.0. The molecule has 0 aliphatic carbocycles. The molecular formula is C18H19N3O3. The average molecular weight is 325 g/mol. The van der Waals surface area contributed by atoms with E-state index in [9.17, 15) is 14.4 Å². The van der Waals surface area contributed by atoms with E-state index in [4.69, 9.17) is 0 Å². The Morgan fingerprint density at radius 1 is 1.17 bits per heavy atom. The molecule has 2 saturated heterocycles. The fourth-order valence-corrected chi connectivity index (χ4v) is 3.67. The van der Waals surface area contributed by atoms with Gasteiger partial charge in [0, 0.05) is 25.1 Å². The number of piperidine rings is 1. The van der Waals surface area contributed by atoms with Gasteiger partial charge in [0.25, 0.3) is 5.91 Å². The molecule has 6 nitrogen and oxygen atoms in total. The molecule has 0 bridgehead atoms. The molecule has 2 N–H and O–H groups in total. The maximum Gasteiger partial charge on any atom is 0.255 e. The molecule has 0 spiro atoms. The number of rotatable bonds is 2. The van der Waals surface area contributed by atoms with E-state index < -0.39 is 6.04 Å². The molecular weight excluding hydrogens is 306 g/mol. The second kappa shape index (κ2) is 5.87. The van der Waals surface area contributed by atoms with Gasteiger partial charge in [-0.25, -0.2) is 0 Å². The van der Waals surface area contributed by atoms with E-state index in [-0.39, 0.29) is 24.1 Å². The number of fused-ring (bicyclic) bond motifs is 1. The van der Waals surface area contributed by atoms with Gasteiger partial charge >= 0.3 is 0 Å². The SMILES string of the molecule is O=C1CCC(N2Cc3c(C=C4CCNC4)cccc3C2=O)C(=O)N1. The molecule has 2 fully saturated rings. The van der Waals surface area contributed by atoms with Crippen LogP contribution < -0.4 is 10.6 Å². The van der Waals surface area contributed by atoms with Gasteiger partial charge in [0.1, 0.15) is 6.04 Å². The highest BCUT2D eigenvalue weighted by atomic mass is 16.2. The van der Waals surface area contributed by atoms with E-state index >= 15 is 0 Å². The predicted molar refractivity (Wildman–Crippen MR) is 88.0 cm³/mol. The summed E-state index contributed by atoms with van der Waals surface area (Å²) >= 11 is 0. The summed E-state index contributed by atoms with van der Waals surface area (Å²) in [6, 6.07) is 5.17. The Kier molecular flexibility index (Phi) is 3.69. The molecule has 6 heteroatoms. The van der Waals surface area contributed by atoms with Crippen LogP contribution in [0.4, 0.5) is 0 Å². The van der Waals surface area contributed by atoms with Crippen LogP contribution in [0.5, 0.6) is 0 Å². The van der Waals surface area contributed by atoms with Crippen LogP contribution in [0.15, 0.2) is 23.8 Å². The molecule has 3 amide bonds. The highest BCUT2D eigenvalue weighted by Crippen LogP contribution is 2.31. The first-order chi connectivity index (χ1) is 11.6. The smallest absolute Gasteiger partial charge is 0.255 e. The summed E-state index contributed by atoms with van der Waals surface area (Å²) in [6.45, 7) is 2.30. The molecule has 3 heterocycles. The van der Waals surface area contributed by atoms with E-state index in [0.717, 1.165) is 30.6 Å². The molecule has 1 aromatic rings. The van der Waals surface area contributed by atoms with E-state index in [0.29, 0.717) is 18.5 Å². The van der Waals surface area contributed by atoms with E-state index in [2.05, 4.69) is 16.7 Å². The molecule has 1 aromatic carbocycles. The van der Waals surface area contributed by atoms with Crippen molar-refractivity contribution >= 4 is 23.8 Å². The van der Waals surface area contributed by atoms with Crippen molar-refractivity contribution < 1.29 is 14.4 Å². The zero-order valence-electron chi connectivity index (χ0n) is 13.3. The zero-order valence-corrected chi connectivity index (χ0v) is 13.3. The minimum absolute atomic E-state index is 0.121. The first-order valence-corrected chi connectivity index (χ1v) is 8.30.